The molecule has 0 fully saturated rings. The van der Waals surface area contributed by atoms with Crippen LogP contribution in [0.15, 0.2) is 22.1 Å². The van der Waals surface area contributed by atoms with Crippen LogP contribution in [0.1, 0.15) is 6.42 Å². The summed E-state index contributed by atoms with van der Waals surface area (Å²) >= 11 is 0. The average Bonchev–Trinajstić information content (AvgIpc) is 1.99. The van der Waals surface area contributed by atoms with Gasteiger partial charge in [-0.05, 0) is 0 Å². The average molecular weight is 244 g/mol. The molecule has 0 saturated carbocycles. The van der Waals surface area contributed by atoms with Crippen molar-refractivity contribution < 1.29 is 10.6 Å². The van der Waals surface area contributed by atoms with Crippen LogP contribution in [0.3, 0.4) is 0 Å². The first-order chi connectivity index (χ1) is 4.80. The first-order valence-corrected chi connectivity index (χ1v) is 15.7. The van der Waals surface area contributed by atoms with E-state index in [2.05, 4.69) is 12.2 Å². The van der Waals surface area contributed by atoms with Gasteiger partial charge < -0.3 is 0 Å². The van der Waals surface area contributed by atoms with Gasteiger partial charge in [-0.25, -0.2) is 0 Å². The Kier molecular flexibility index (Phi) is 1.49. The van der Waals surface area contributed by atoms with E-state index in [4.69, 9.17) is 18.6 Å². The monoisotopic (exact) mass is 243 g/mol. The second-order valence-electron chi connectivity index (χ2n) is 7.10. The van der Waals surface area contributed by atoms with Gasteiger partial charge in [-0.1, -0.05) is 0 Å². The molecule has 0 nitrogen and oxygen atoms in total. The summed E-state index contributed by atoms with van der Waals surface area (Å²) in [6, 6.07) is 0. The number of allylic oxidation sites excluding steroid dienone is 4. The van der Waals surface area contributed by atoms with E-state index in [1.54, 1.807) is 0 Å². The van der Waals surface area contributed by atoms with E-state index in [9.17, 15) is 0 Å². The summed E-state index contributed by atoms with van der Waals surface area (Å²) in [5.74, 6) is 0. The number of rotatable bonds is 1. The molecule has 0 aromatic carbocycles. The van der Waals surface area contributed by atoms with Crippen LogP contribution in [0.25, 0.3) is 0 Å². The molecule has 3 heteroatoms. The van der Waals surface area contributed by atoms with E-state index in [1.165, 1.54) is 3.88 Å². The molecule has 0 unspecified atom stereocenters. The molecule has 0 N–H and O–H groups in total. The maximum atomic E-state index is 6.74. The Morgan fingerprint density at radius 1 is 1.17 bits per heavy atom. The number of halogens is 2. The fourth-order valence-corrected chi connectivity index (χ4v) is 5.57. The van der Waals surface area contributed by atoms with Gasteiger partial charge >= 0.3 is 78.7 Å². The summed E-state index contributed by atoms with van der Waals surface area (Å²) in [5, 5.41) is 8.11. The van der Waals surface area contributed by atoms with Crippen molar-refractivity contribution in [2.45, 2.75) is 27.3 Å². The molecule has 0 atom stereocenters. The maximum absolute atomic E-state index is 6.74. The van der Waals surface area contributed by atoms with Gasteiger partial charge in [0, 0.05) is 0 Å². The van der Waals surface area contributed by atoms with Crippen molar-refractivity contribution in [3.63, 3.8) is 0 Å². The van der Waals surface area contributed by atoms with Crippen LogP contribution in [0.4, 0.5) is 0 Å². The second kappa shape index (κ2) is 1.65. The molecule has 71 valence electrons. The molecule has 0 aromatic heterocycles. The predicted octanol–water partition coefficient (Wildman–Crippen LogP) is 5.09. The van der Waals surface area contributed by atoms with Gasteiger partial charge in [0.25, 0.3) is 0 Å². The number of hydrogen-bond acceptors (Lipinski definition) is 0. The molecule has 0 amide bonds. The fourth-order valence-electron chi connectivity index (χ4n) is 1.33. The van der Waals surface area contributed by atoms with Gasteiger partial charge in [-0.3, -0.25) is 0 Å². The first-order valence-electron chi connectivity index (χ1n) is 4.35. The topological polar surface area (TPSA) is 0 Å². The Labute approximate surface area is 78.3 Å². The summed E-state index contributed by atoms with van der Waals surface area (Å²) < 4.78 is 1.20. The third-order valence-electron chi connectivity index (χ3n) is 2.30. The van der Waals surface area contributed by atoms with Gasteiger partial charge in [-0.2, -0.15) is 0 Å². The Morgan fingerprint density at radius 2 is 1.67 bits per heavy atom. The molecule has 0 radical (unpaired) electrons. The molecule has 0 spiro atoms. The van der Waals surface area contributed by atoms with Gasteiger partial charge in [0.2, 0.25) is 0 Å². The van der Waals surface area contributed by atoms with Crippen molar-refractivity contribution in [2.75, 3.05) is 0 Å². The Balaban J connectivity index is 3.37. The van der Waals surface area contributed by atoms with Crippen LogP contribution >= 0.6 is 18.6 Å². The molecule has 0 bridgehead atoms. The van der Waals surface area contributed by atoms with Crippen molar-refractivity contribution in [1.82, 2.24) is 0 Å². The van der Waals surface area contributed by atoms with Crippen molar-refractivity contribution in [3.05, 3.63) is 22.1 Å². The van der Waals surface area contributed by atoms with Crippen molar-refractivity contribution in [1.29, 1.82) is 0 Å². The van der Waals surface area contributed by atoms with E-state index in [-0.39, 0.29) is 0 Å². The van der Waals surface area contributed by atoms with Gasteiger partial charge in [-0.15, -0.1) is 0 Å². The number of hydrogen-bond donors (Lipinski definition) is 0. The molecule has 0 heterocycles. The van der Waals surface area contributed by atoms with Crippen LogP contribution in [-0.4, -0.2) is 0 Å². The quantitative estimate of drug-likeness (QED) is 0.563. The third kappa shape index (κ3) is 2.63. The van der Waals surface area contributed by atoms with E-state index < -0.39 is 10.6 Å². The molecule has 12 heavy (non-hydrogen) atoms. The van der Waals surface area contributed by atoms with Crippen molar-refractivity contribution >= 4 is 18.6 Å². The third-order valence-corrected chi connectivity index (χ3v) is 9.65. The standard InChI is InChI=1S/C5H5.4CH3.2ClH.Ti/c1-2-4-5-3-1;;;;;;;/h1-3H,4H2;4*1H3;2*1H;/q;;;;;;;+2/p-2. The van der Waals surface area contributed by atoms with Crippen LogP contribution in [0.5, 0.6) is 0 Å². The van der Waals surface area contributed by atoms with Crippen LogP contribution < -0.4 is 0 Å². The molecule has 0 aromatic rings. The Morgan fingerprint density at radius 3 is 1.83 bits per heavy atom. The summed E-state index contributed by atoms with van der Waals surface area (Å²) in [6.45, 7) is 0. The zero-order valence-electron chi connectivity index (χ0n) is 8.20. The SMILES string of the molecule is [CH3][Ti]([CH3])([CH3])([CH3])([Cl])([Cl])[C]1=CC=CC1. The summed E-state index contributed by atoms with van der Waals surface area (Å²) in [5.41, 5.74) is 0. The van der Waals surface area contributed by atoms with Gasteiger partial charge in [0.15, 0.2) is 0 Å². The van der Waals surface area contributed by atoms with Gasteiger partial charge in [0.05, 0.1) is 0 Å². The first kappa shape index (κ1) is 10.9. The van der Waals surface area contributed by atoms with E-state index >= 15 is 0 Å². The van der Waals surface area contributed by atoms with Crippen LogP contribution in [-0.2, 0) is 10.6 Å². The second-order valence-corrected chi connectivity index (χ2v) is 42.5. The molecule has 1 aliphatic rings. The van der Waals surface area contributed by atoms with E-state index in [0.717, 1.165) is 6.42 Å². The van der Waals surface area contributed by atoms with E-state index in [0.29, 0.717) is 0 Å². The minimum atomic E-state index is -4.23. The molecule has 0 saturated heterocycles. The summed E-state index contributed by atoms with van der Waals surface area (Å²) in [4.78, 5) is 0. The molecule has 1 rings (SSSR count). The summed E-state index contributed by atoms with van der Waals surface area (Å²) in [6.07, 6.45) is 7.10. The predicted molar refractivity (Wildman–Crippen MR) is 57.0 cm³/mol. The molecular formula is C9H17Cl2Ti. The Hall–Kier alpha value is 0.774. The molecular weight excluding hydrogens is 227 g/mol. The zero-order chi connectivity index (χ0) is 9.78. The normalized spacial score (nSPS) is 26.8. The van der Waals surface area contributed by atoms with E-state index in [1.807, 2.05) is 27.0 Å². The summed E-state index contributed by atoms with van der Waals surface area (Å²) in [7, 11) is 9.26. The van der Waals surface area contributed by atoms with Crippen molar-refractivity contribution in [2.24, 2.45) is 0 Å². The zero-order valence-corrected chi connectivity index (χ0v) is 11.3. The van der Waals surface area contributed by atoms with Crippen LogP contribution in [0.2, 0.25) is 20.9 Å². The van der Waals surface area contributed by atoms with Crippen LogP contribution in [0, 0.1) is 0 Å². The van der Waals surface area contributed by atoms with Gasteiger partial charge in [0.1, 0.15) is 0 Å². The Bertz CT molecular complexity index is 287. The fraction of sp³-hybridized carbons (Fsp3) is 0.556. The molecule has 1 aliphatic carbocycles. The van der Waals surface area contributed by atoms with Crippen molar-refractivity contribution in [3.8, 4) is 0 Å². The minimum absolute atomic E-state index is 0.906. The molecule has 0 aliphatic heterocycles.